The number of nitrogens with zero attached hydrogens (tertiary/aromatic N) is 2. The number of anilines is 1. The van der Waals surface area contributed by atoms with Gasteiger partial charge in [-0.3, -0.25) is 9.40 Å². The third-order valence-electron chi connectivity index (χ3n) is 2.93. The fraction of sp³-hybridized carbons (Fsp3) is 0.308. The first kappa shape index (κ1) is 17.1. The normalized spacial score (nSPS) is 11.7. The molecule has 1 aromatic heterocycles. The van der Waals surface area contributed by atoms with Crippen molar-refractivity contribution in [2.75, 3.05) is 11.8 Å². The lowest BCUT2D eigenvalue weighted by Gasteiger charge is -2.11. The van der Waals surface area contributed by atoms with Gasteiger partial charge in [0.05, 0.1) is 17.3 Å². The molecule has 0 amide bonds. The van der Waals surface area contributed by atoms with E-state index in [2.05, 4.69) is 9.82 Å². The second kappa shape index (κ2) is 6.45. The van der Waals surface area contributed by atoms with E-state index in [-0.39, 0.29) is 16.5 Å². The summed E-state index contributed by atoms with van der Waals surface area (Å²) in [5.41, 5.74) is 1.44. The van der Waals surface area contributed by atoms with Crippen LogP contribution in [0.2, 0.25) is 10.0 Å². The molecule has 120 valence electrons. The molecule has 6 nitrogen and oxygen atoms in total. The van der Waals surface area contributed by atoms with Crippen molar-refractivity contribution in [2.24, 2.45) is 7.05 Å². The summed E-state index contributed by atoms with van der Waals surface area (Å²) in [6, 6.07) is 2.84. The Morgan fingerprint density at radius 2 is 2.00 bits per heavy atom. The summed E-state index contributed by atoms with van der Waals surface area (Å²) in [7, 11) is -0.663. The van der Waals surface area contributed by atoms with Gasteiger partial charge in [-0.25, -0.2) is 8.42 Å². The summed E-state index contributed by atoms with van der Waals surface area (Å²) in [4.78, 5) is -0.0386. The molecule has 0 saturated heterocycles. The molecule has 1 aromatic carbocycles. The van der Waals surface area contributed by atoms with E-state index in [0.717, 1.165) is 0 Å². The Labute approximate surface area is 139 Å². The maximum atomic E-state index is 12.5. The molecule has 0 unspecified atom stereocenters. The van der Waals surface area contributed by atoms with E-state index >= 15 is 0 Å². The Balaban J connectivity index is 2.42. The highest BCUT2D eigenvalue weighted by Crippen LogP contribution is 2.30. The van der Waals surface area contributed by atoms with Gasteiger partial charge in [0.15, 0.2) is 0 Å². The third-order valence-corrected chi connectivity index (χ3v) is 5.17. The lowest BCUT2D eigenvalue weighted by Crippen LogP contribution is -2.14. The summed E-state index contributed by atoms with van der Waals surface area (Å²) in [5.74, 6) is 0. The number of halogens is 2. The molecule has 2 aromatic rings. The Kier molecular flexibility index (Phi) is 5.01. The van der Waals surface area contributed by atoms with Crippen LogP contribution in [0.4, 0.5) is 5.69 Å². The second-order valence-electron chi connectivity index (χ2n) is 4.73. The number of rotatable bonds is 5. The fourth-order valence-electron chi connectivity index (χ4n) is 1.90. The molecular weight excluding hydrogens is 349 g/mol. The van der Waals surface area contributed by atoms with Gasteiger partial charge in [0.25, 0.3) is 10.0 Å². The van der Waals surface area contributed by atoms with Crippen molar-refractivity contribution in [2.45, 2.75) is 18.4 Å². The minimum atomic E-state index is -3.86. The smallest absolute Gasteiger partial charge is 0.263 e. The first-order valence-electron chi connectivity index (χ1n) is 6.24. The van der Waals surface area contributed by atoms with Crippen LogP contribution in [0.3, 0.4) is 0 Å². The van der Waals surface area contributed by atoms with Gasteiger partial charge in [-0.15, -0.1) is 0 Å². The first-order chi connectivity index (χ1) is 10.2. The molecule has 1 N–H and O–H groups in total. The van der Waals surface area contributed by atoms with Gasteiger partial charge in [-0.1, -0.05) is 23.2 Å². The van der Waals surface area contributed by atoms with Crippen LogP contribution < -0.4 is 4.72 Å². The molecule has 1 heterocycles. The van der Waals surface area contributed by atoms with Gasteiger partial charge < -0.3 is 4.74 Å². The Morgan fingerprint density at radius 3 is 2.64 bits per heavy atom. The minimum absolute atomic E-state index is 0.0386. The second-order valence-corrected chi connectivity index (χ2v) is 7.20. The van der Waals surface area contributed by atoms with Gasteiger partial charge >= 0.3 is 0 Å². The Hall–Kier alpha value is -1.28. The van der Waals surface area contributed by atoms with Crippen molar-refractivity contribution >= 4 is 38.9 Å². The van der Waals surface area contributed by atoms with Crippen molar-refractivity contribution in [3.8, 4) is 0 Å². The zero-order chi connectivity index (χ0) is 16.5. The Morgan fingerprint density at radius 1 is 1.32 bits per heavy atom. The zero-order valence-electron chi connectivity index (χ0n) is 12.2. The molecule has 22 heavy (non-hydrogen) atoms. The molecule has 0 atom stereocenters. The number of methoxy groups -OCH3 is 1. The number of nitrogens with one attached hydrogen (secondary N) is 1. The highest BCUT2D eigenvalue weighted by atomic mass is 35.5. The summed E-state index contributed by atoms with van der Waals surface area (Å²) in [5, 5.41) is 4.61. The molecule has 0 fully saturated rings. The van der Waals surface area contributed by atoms with Crippen LogP contribution >= 0.6 is 23.2 Å². The summed E-state index contributed by atoms with van der Waals surface area (Å²) < 4.78 is 34.1. The molecule has 0 aliphatic heterocycles. The number of hydrogen-bond donors (Lipinski definition) is 1. The van der Waals surface area contributed by atoms with Crippen LogP contribution in [0.5, 0.6) is 0 Å². The number of benzene rings is 1. The van der Waals surface area contributed by atoms with E-state index < -0.39 is 10.0 Å². The highest BCUT2D eigenvalue weighted by molar-refractivity contribution is 7.92. The molecule has 0 saturated carbocycles. The maximum Gasteiger partial charge on any atom is 0.263 e. The van der Waals surface area contributed by atoms with Crippen LogP contribution in [0.1, 0.15) is 11.3 Å². The Bertz CT molecular complexity index is 803. The summed E-state index contributed by atoms with van der Waals surface area (Å²) in [6.07, 6.45) is 1.56. The van der Waals surface area contributed by atoms with Gasteiger partial charge in [0.2, 0.25) is 0 Å². The van der Waals surface area contributed by atoms with E-state index in [1.54, 1.807) is 20.2 Å². The number of sulfonamides is 1. The molecule has 2 rings (SSSR count). The highest BCUT2D eigenvalue weighted by Gasteiger charge is 2.22. The van der Waals surface area contributed by atoms with Crippen LogP contribution in [0.25, 0.3) is 0 Å². The van der Waals surface area contributed by atoms with E-state index in [1.165, 1.54) is 23.9 Å². The average Bonchev–Trinajstić information content (AvgIpc) is 2.73. The minimum Gasteiger partial charge on any atom is -0.378 e. The standard InChI is InChI=1S/C13H15Cl2N3O3S/c1-8-4-13(10(15)5-9(8)14)22(19,20)17-11-6-18(2)16-12(11)7-21-3/h4-6,17H,7H2,1-3H3. The van der Waals surface area contributed by atoms with E-state index in [4.69, 9.17) is 27.9 Å². The number of aromatic nitrogens is 2. The fourth-order valence-corrected chi connectivity index (χ4v) is 3.80. The van der Waals surface area contributed by atoms with Crippen LogP contribution in [0.15, 0.2) is 23.2 Å². The third kappa shape index (κ3) is 3.55. The maximum absolute atomic E-state index is 12.5. The van der Waals surface area contributed by atoms with Crippen molar-refractivity contribution < 1.29 is 13.2 Å². The SMILES string of the molecule is COCc1nn(C)cc1NS(=O)(=O)c1cc(C)c(Cl)cc1Cl. The average molecular weight is 364 g/mol. The monoisotopic (exact) mass is 363 g/mol. The molecule has 9 heteroatoms. The van der Waals surface area contributed by atoms with Crippen LogP contribution in [0, 0.1) is 6.92 Å². The van der Waals surface area contributed by atoms with Crippen molar-refractivity contribution in [1.29, 1.82) is 0 Å². The lowest BCUT2D eigenvalue weighted by molar-refractivity contribution is 0.181. The quantitative estimate of drug-likeness (QED) is 0.885. The van der Waals surface area contributed by atoms with E-state index in [9.17, 15) is 8.42 Å². The molecule has 0 spiro atoms. The van der Waals surface area contributed by atoms with Gasteiger partial charge in [-0.05, 0) is 24.6 Å². The zero-order valence-corrected chi connectivity index (χ0v) is 14.6. The molecule has 0 bridgehead atoms. The van der Waals surface area contributed by atoms with E-state index in [0.29, 0.717) is 22.0 Å². The molecule has 0 aliphatic carbocycles. The van der Waals surface area contributed by atoms with Gasteiger partial charge in [-0.2, -0.15) is 5.10 Å². The predicted octanol–water partition coefficient (Wildman–Crippen LogP) is 2.98. The molecule has 0 aliphatic rings. The largest absolute Gasteiger partial charge is 0.378 e. The van der Waals surface area contributed by atoms with E-state index in [1.807, 2.05) is 0 Å². The summed E-state index contributed by atoms with van der Waals surface area (Å²) >= 11 is 11.9. The number of hydrogen-bond acceptors (Lipinski definition) is 4. The molecular formula is C13H15Cl2N3O3S. The topological polar surface area (TPSA) is 73.2 Å². The lowest BCUT2D eigenvalue weighted by atomic mass is 10.2. The van der Waals surface area contributed by atoms with Crippen molar-refractivity contribution in [3.63, 3.8) is 0 Å². The van der Waals surface area contributed by atoms with Crippen LogP contribution in [-0.4, -0.2) is 25.3 Å². The summed E-state index contributed by atoms with van der Waals surface area (Å²) in [6.45, 7) is 1.89. The molecule has 0 radical (unpaired) electrons. The van der Waals surface area contributed by atoms with Crippen molar-refractivity contribution in [1.82, 2.24) is 9.78 Å². The van der Waals surface area contributed by atoms with Crippen molar-refractivity contribution in [3.05, 3.63) is 39.6 Å². The van der Waals surface area contributed by atoms with Crippen LogP contribution in [-0.2, 0) is 28.4 Å². The van der Waals surface area contributed by atoms with Gasteiger partial charge in [0, 0.05) is 25.4 Å². The number of ether oxygens (including phenoxy) is 1. The first-order valence-corrected chi connectivity index (χ1v) is 8.48. The predicted molar refractivity (Wildman–Crippen MR) is 85.9 cm³/mol. The number of aryl methyl sites for hydroxylation is 2. The van der Waals surface area contributed by atoms with Gasteiger partial charge in [0.1, 0.15) is 10.6 Å².